The highest BCUT2D eigenvalue weighted by molar-refractivity contribution is 6.30. The van der Waals surface area contributed by atoms with Crippen LogP contribution in [0.4, 0.5) is 23.7 Å². The average molecular weight is 489 g/mol. The number of carbonyl (C=O) groups is 2. The minimum absolute atomic E-state index is 0.0337. The highest BCUT2D eigenvalue weighted by Crippen LogP contribution is 2.24. The molecule has 0 unspecified atom stereocenters. The predicted octanol–water partition coefficient (Wildman–Crippen LogP) is 4.53. The molecule has 3 N–H and O–H groups in total. The van der Waals surface area contributed by atoms with Crippen LogP contribution in [0.1, 0.15) is 19.4 Å². The van der Waals surface area contributed by atoms with E-state index in [1.54, 1.807) is 24.3 Å². The van der Waals surface area contributed by atoms with Crippen molar-refractivity contribution in [3.8, 4) is 5.75 Å². The largest absolute Gasteiger partial charge is 0.573 e. The lowest BCUT2D eigenvalue weighted by Crippen LogP contribution is -2.56. The third-order valence-electron chi connectivity index (χ3n) is 5.01. The minimum Gasteiger partial charge on any atom is -0.406 e. The van der Waals surface area contributed by atoms with Crippen LogP contribution in [0.2, 0.25) is 0 Å². The SMILES string of the molecule is CC(C)CN1C(=N)/C(=C(\NCc2ccc(OC(F)(F)F)cc2)Nc2ccccc2)C(=O)N(C)C1=O. The van der Waals surface area contributed by atoms with E-state index in [0.29, 0.717) is 11.3 Å². The fraction of sp³-hybridized carbons (Fsp3) is 0.292. The molecule has 1 heterocycles. The molecule has 0 aromatic heterocycles. The zero-order chi connectivity index (χ0) is 25.8. The van der Waals surface area contributed by atoms with Gasteiger partial charge in [0.05, 0.1) is 0 Å². The van der Waals surface area contributed by atoms with Gasteiger partial charge in [0.1, 0.15) is 23.0 Å². The monoisotopic (exact) mass is 489 g/mol. The minimum atomic E-state index is -4.79. The topological polar surface area (TPSA) is 97.8 Å². The van der Waals surface area contributed by atoms with E-state index >= 15 is 0 Å². The van der Waals surface area contributed by atoms with Gasteiger partial charge in [0.25, 0.3) is 5.91 Å². The summed E-state index contributed by atoms with van der Waals surface area (Å²) in [5, 5.41) is 14.8. The number of urea groups is 1. The van der Waals surface area contributed by atoms with Crippen molar-refractivity contribution in [3.63, 3.8) is 0 Å². The number of halogens is 3. The first kappa shape index (κ1) is 25.6. The highest BCUT2D eigenvalue weighted by Gasteiger charge is 2.40. The van der Waals surface area contributed by atoms with Gasteiger partial charge in [0.15, 0.2) is 0 Å². The second-order valence-electron chi connectivity index (χ2n) is 8.29. The fourth-order valence-electron chi connectivity index (χ4n) is 3.39. The van der Waals surface area contributed by atoms with Crippen LogP contribution in [0, 0.1) is 11.3 Å². The van der Waals surface area contributed by atoms with Crippen LogP contribution >= 0.6 is 0 Å². The number of amidine groups is 1. The zero-order valence-corrected chi connectivity index (χ0v) is 19.4. The number of rotatable bonds is 8. The summed E-state index contributed by atoms with van der Waals surface area (Å²) in [6.07, 6.45) is -4.79. The summed E-state index contributed by atoms with van der Waals surface area (Å²) in [4.78, 5) is 27.9. The van der Waals surface area contributed by atoms with Crippen molar-refractivity contribution in [2.24, 2.45) is 5.92 Å². The fourth-order valence-corrected chi connectivity index (χ4v) is 3.39. The molecule has 0 aliphatic carbocycles. The molecule has 11 heteroatoms. The molecule has 2 aromatic rings. The molecule has 3 amide bonds. The van der Waals surface area contributed by atoms with E-state index in [4.69, 9.17) is 5.41 Å². The van der Waals surface area contributed by atoms with Gasteiger partial charge in [-0.25, -0.2) is 4.79 Å². The lowest BCUT2D eigenvalue weighted by Gasteiger charge is -2.35. The Morgan fingerprint density at radius 3 is 2.26 bits per heavy atom. The first-order valence-electron chi connectivity index (χ1n) is 10.8. The number of hydrogen-bond acceptors (Lipinski definition) is 6. The molecule has 0 atom stereocenters. The van der Waals surface area contributed by atoms with Gasteiger partial charge in [0, 0.05) is 25.8 Å². The molecule has 1 fully saturated rings. The number of benzene rings is 2. The van der Waals surface area contributed by atoms with E-state index in [1.165, 1.54) is 36.2 Å². The molecular weight excluding hydrogens is 463 g/mol. The van der Waals surface area contributed by atoms with Gasteiger partial charge in [-0.05, 0) is 35.7 Å². The van der Waals surface area contributed by atoms with Gasteiger partial charge in [0.2, 0.25) is 0 Å². The summed E-state index contributed by atoms with van der Waals surface area (Å²) in [6.45, 7) is 4.16. The molecule has 186 valence electrons. The molecule has 3 rings (SSSR count). The van der Waals surface area contributed by atoms with Gasteiger partial charge in [-0.1, -0.05) is 44.2 Å². The molecule has 0 spiro atoms. The van der Waals surface area contributed by atoms with Gasteiger partial charge in [-0.3, -0.25) is 20.0 Å². The lowest BCUT2D eigenvalue weighted by atomic mass is 10.1. The van der Waals surface area contributed by atoms with Gasteiger partial charge in [-0.15, -0.1) is 13.2 Å². The smallest absolute Gasteiger partial charge is 0.406 e. The third-order valence-corrected chi connectivity index (χ3v) is 5.01. The Morgan fingerprint density at radius 1 is 1.06 bits per heavy atom. The first-order valence-corrected chi connectivity index (χ1v) is 10.8. The Morgan fingerprint density at radius 2 is 1.69 bits per heavy atom. The first-order chi connectivity index (χ1) is 16.5. The number of para-hydroxylation sites is 1. The number of alkyl halides is 3. The quantitative estimate of drug-likeness (QED) is 0.474. The highest BCUT2D eigenvalue weighted by atomic mass is 19.4. The molecule has 1 aliphatic rings. The third kappa shape index (κ3) is 6.52. The van der Waals surface area contributed by atoms with Crippen molar-refractivity contribution in [1.29, 1.82) is 5.41 Å². The normalized spacial score (nSPS) is 16.0. The van der Waals surface area contributed by atoms with Crippen LogP contribution in [0.3, 0.4) is 0 Å². The van der Waals surface area contributed by atoms with Crippen LogP contribution in [-0.2, 0) is 11.3 Å². The Hall–Kier alpha value is -4.02. The summed E-state index contributed by atoms with van der Waals surface area (Å²) in [7, 11) is 1.35. The molecule has 0 bridgehead atoms. The van der Waals surface area contributed by atoms with E-state index in [2.05, 4.69) is 15.4 Å². The van der Waals surface area contributed by atoms with Gasteiger partial charge in [-0.2, -0.15) is 0 Å². The number of ether oxygens (including phenoxy) is 1. The van der Waals surface area contributed by atoms with E-state index in [0.717, 1.165) is 4.90 Å². The zero-order valence-electron chi connectivity index (χ0n) is 19.4. The number of amides is 3. The maximum Gasteiger partial charge on any atom is 0.573 e. The second kappa shape index (κ2) is 10.5. The molecule has 0 radical (unpaired) electrons. The summed E-state index contributed by atoms with van der Waals surface area (Å²) < 4.78 is 41.1. The lowest BCUT2D eigenvalue weighted by molar-refractivity contribution is -0.274. The van der Waals surface area contributed by atoms with Crippen molar-refractivity contribution in [2.75, 3.05) is 18.9 Å². The summed E-state index contributed by atoms with van der Waals surface area (Å²) in [5.74, 6) is -1.00. The molecule has 0 saturated carbocycles. The summed E-state index contributed by atoms with van der Waals surface area (Å²) >= 11 is 0. The number of likely N-dealkylation sites (N-methyl/N-ethyl adjacent to an activating group) is 1. The Labute approximate surface area is 200 Å². The van der Waals surface area contributed by atoms with Crippen molar-refractivity contribution in [2.45, 2.75) is 26.8 Å². The van der Waals surface area contributed by atoms with E-state index in [-0.39, 0.29) is 42.0 Å². The van der Waals surface area contributed by atoms with E-state index in [9.17, 15) is 22.8 Å². The molecule has 8 nitrogen and oxygen atoms in total. The number of nitrogens with zero attached hydrogens (tertiary/aromatic N) is 2. The maximum atomic E-state index is 13.1. The molecule has 35 heavy (non-hydrogen) atoms. The average Bonchev–Trinajstić information content (AvgIpc) is 2.79. The summed E-state index contributed by atoms with van der Waals surface area (Å²) in [6, 6.07) is 13.6. The van der Waals surface area contributed by atoms with Crippen LogP contribution in [-0.4, -0.2) is 47.5 Å². The Balaban J connectivity index is 1.93. The van der Waals surface area contributed by atoms with E-state index in [1.807, 2.05) is 19.9 Å². The number of imide groups is 1. The molecule has 2 aromatic carbocycles. The number of nitrogens with one attached hydrogen (secondary N) is 3. The van der Waals surface area contributed by atoms with Crippen LogP contribution in [0.25, 0.3) is 0 Å². The predicted molar refractivity (Wildman–Crippen MR) is 124 cm³/mol. The molecule has 1 aliphatic heterocycles. The van der Waals surface area contributed by atoms with Crippen LogP contribution in [0.15, 0.2) is 66.0 Å². The van der Waals surface area contributed by atoms with Crippen molar-refractivity contribution in [3.05, 3.63) is 71.6 Å². The molecule has 1 saturated heterocycles. The standard InChI is InChI=1S/C24H26F3N5O3/c1-15(2)14-32-20(28)19(22(33)31(3)23(32)34)21(30-17-7-5-4-6-8-17)29-13-16-9-11-18(12-10-16)35-24(25,26)27/h4-12,15,28-30H,13-14H2,1-3H3/b21-19-,28-20?. The Bertz CT molecular complexity index is 1120. The van der Waals surface area contributed by atoms with Crippen molar-refractivity contribution < 1.29 is 27.5 Å². The Kier molecular flexibility index (Phi) is 7.68. The van der Waals surface area contributed by atoms with Crippen molar-refractivity contribution >= 4 is 23.5 Å². The molecular formula is C24H26F3N5O3. The van der Waals surface area contributed by atoms with Gasteiger partial charge < -0.3 is 15.4 Å². The number of anilines is 1. The second-order valence-corrected chi connectivity index (χ2v) is 8.29. The maximum absolute atomic E-state index is 13.1. The summed E-state index contributed by atoms with van der Waals surface area (Å²) in [5.41, 5.74) is 1.20. The number of hydrogen-bond donors (Lipinski definition) is 3. The van der Waals surface area contributed by atoms with E-state index < -0.39 is 18.3 Å². The van der Waals surface area contributed by atoms with Crippen LogP contribution < -0.4 is 15.4 Å². The van der Waals surface area contributed by atoms with Crippen LogP contribution in [0.5, 0.6) is 5.75 Å². The van der Waals surface area contributed by atoms with Crippen molar-refractivity contribution in [1.82, 2.24) is 15.1 Å². The number of carbonyl (C=O) groups excluding carboxylic acids is 2. The van der Waals surface area contributed by atoms with Gasteiger partial charge >= 0.3 is 12.4 Å².